The first-order chi connectivity index (χ1) is 20.1. The van der Waals surface area contributed by atoms with Gasteiger partial charge in [-0.1, -0.05) is 66.4 Å². The average molecular weight is 592 g/mol. The van der Waals surface area contributed by atoms with Crippen LogP contribution >= 0.6 is 0 Å². The molecule has 42 heavy (non-hydrogen) atoms. The first-order valence-electron chi connectivity index (χ1n) is 15.4. The molecule has 4 amide bonds. The predicted molar refractivity (Wildman–Crippen MR) is 170 cm³/mol. The molecule has 10 nitrogen and oxygen atoms in total. The maximum atomic E-state index is 13.6. The van der Waals surface area contributed by atoms with Crippen molar-refractivity contribution in [3.8, 4) is 12.3 Å². The van der Waals surface area contributed by atoms with Crippen molar-refractivity contribution < 1.29 is 24.0 Å². The number of likely N-dealkylation sites (N-methyl/N-ethyl adjacent to an activating group) is 1. The lowest BCUT2D eigenvalue weighted by Crippen LogP contribution is -2.60. The lowest BCUT2D eigenvalue weighted by Gasteiger charge is -2.42. The standard InChI is InChI=1S/C23H34N4O5.C4H9N.C3H8.C2H6/c1-4-5-10-16(18(29)15-28)25-20(30)17-11-9-14-27(17)21(31)19(26-22(32)24-3)23(2)12-7-6-8-13-23;1-3-4-5-2;1-3-2;1-2/h1,15-17,19H,5-14H2,2-3H3,(H,25,30)(H2,24,26,32);3,5H,1,4H2,2H3;3H2,1-2H3;1-2H3. The highest BCUT2D eigenvalue weighted by Gasteiger charge is 2.46. The topological polar surface area (TPSA) is 137 Å². The predicted octanol–water partition coefficient (Wildman–Crippen LogP) is 3.75. The van der Waals surface area contributed by atoms with Crippen LogP contribution in [0.2, 0.25) is 0 Å². The minimum Gasteiger partial charge on any atom is -0.344 e. The van der Waals surface area contributed by atoms with Gasteiger partial charge in [-0.05, 0) is 44.6 Å². The lowest BCUT2D eigenvalue weighted by molar-refractivity contribution is -0.143. The number of ketones is 1. The number of carbonyl (C=O) groups is 5. The van der Waals surface area contributed by atoms with E-state index in [-0.39, 0.29) is 25.0 Å². The summed E-state index contributed by atoms with van der Waals surface area (Å²) in [4.78, 5) is 63.1. The molecule has 2 aliphatic rings. The number of amides is 4. The molecule has 1 saturated carbocycles. The summed E-state index contributed by atoms with van der Waals surface area (Å²) in [5.74, 6) is 0.865. The van der Waals surface area contributed by atoms with Gasteiger partial charge in [-0.25, -0.2) is 4.79 Å². The fourth-order valence-electron chi connectivity index (χ4n) is 4.86. The van der Waals surface area contributed by atoms with Crippen molar-refractivity contribution in [3.63, 3.8) is 0 Å². The second kappa shape index (κ2) is 24.4. The van der Waals surface area contributed by atoms with Crippen LogP contribution in [0.4, 0.5) is 4.79 Å². The Kier molecular flexibility index (Phi) is 23.8. The SMILES string of the molecule is C#CCCC(NC(=O)C1CCCN1C(=O)C(NC(=O)NC)C1(C)CCCCC1)C(=O)C=O.C=CCNC.CC.CCC. The van der Waals surface area contributed by atoms with Crippen LogP contribution in [0.25, 0.3) is 0 Å². The van der Waals surface area contributed by atoms with E-state index in [0.717, 1.165) is 38.6 Å². The molecule has 0 spiro atoms. The van der Waals surface area contributed by atoms with Crippen LogP contribution in [-0.2, 0) is 19.2 Å². The highest BCUT2D eigenvalue weighted by atomic mass is 16.2. The second-order valence-corrected chi connectivity index (χ2v) is 10.4. The molecule has 1 aliphatic heterocycles. The van der Waals surface area contributed by atoms with Gasteiger partial charge in [0.15, 0.2) is 6.29 Å². The number of likely N-dealkylation sites (tertiary alicyclic amines) is 1. The maximum absolute atomic E-state index is 13.6. The third-order valence-electron chi connectivity index (χ3n) is 6.98. The number of aldehydes is 1. The number of hydrogen-bond donors (Lipinski definition) is 4. The molecule has 10 heteroatoms. The van der Waals surface area contributed by atoms with Gasteiger partial charge in [0.1, 0.15) is 12.1 Å². The number of Topliss-reactive ketones (excluding diaryl/α,β-unsaturated/α-hetero) is 1. The van der Waals surface area contributed by atoms with E-state index in [4.69, 9.17) is 6.42 Å². The fraction of sp³-hybridized carbons (Fsp3) is 0.719. The Labute approximate surface area is 254 Å². The molecular weight excluding hydrogens is 534 g/mol. The second-order valence-electron chi connectivity index (χ2n) is 10.4. The third kappa shape index (κ3) is 14.6. The first kappa shape index (κ1) is 40.9. The highest BCUT2D eigenvalue weighted by Crippen LogP contribution is 2.40. The normalized spacial score (nSPS) is 17.9. The molecular formula is C32H57N5O5. The van der Waals surface area contributed by atoms with Gasteiger partial charge in [-0.15, -0.1) is 18.9 Å². The Morgan fingerprint density at radius 1 is 1.07 bits per heavy atom. The van der Waals surface area contributed by atoms with Crippen LogP contribution in [0, 0.1) is 17.8 Å². The summed E-state index contributed by atoms with van der Waals surface area (Å²) in [6, 6.07) is -2.98. The fourth-order valence-corrected chi connectivity index (χ4v) is 4.86. The molecule has 3 atom stereocenters. The van der Waals surface area contributed by atoms with Gasteiger partial charge < -0.3 is 26.2 Å². The van der Waals surface area contributed by atoms with Crippen molar-refractivity contribution >= 4 is 29.9 Å². The van der Waals surface area contributed by atoms with Gasteiger partial charge in [0.05, 0.1) is 6.04 Å². The summed E-state index contributed by atoms with van der Waals surface area (Å²) in [5, 5.41) is 10.8. The van der Waals surface area contributed by atoms with E-state index in [1.54, 1.807) is 0 Å². The van der Waals surface area contributed by atoms with Gasteiger partial charge in [0.2, 0.25) is 17.6 Å². The Morgan fingerprint density at radius 2 is 1.67 bits per heavy atom. The van der Waals surface area contributed by atoms with E-state index in [1.165, 1.54) is 18.4 Å². The van der Waals surface area contributed by atoms with Gasteiger partial charge in [0, 0.05) is 26.6 Å². The van der Waals surface area contributed by atoms with Crippen molar-refractivity contribution in [3.05, 3.63) is 12.7 Å². The monoisotopic (exact) mass is 591 g/mol. The zero-order chi connectivity index (χ0) is 32.6. The van der Waals surface area contributed by atoms with Gasteiger partial charge >= 0.3 is 6.03 Å². The smallest absolute Gasteiger partial charge is 0.315 e. The zero-order valence-corrected chi connectivity index (χ0v) is 27.1. The molecule has 0 aromatic heterocycles. The van der Waals surface area contributed by atoms with Crippen LogP contribution in [-0.4, -0.2) is 80.1 Å². The number of nitrogens with one attached hydrogen (secondary N) is 4. The minimum absolute atomic E-state index is 0.152. The molecule has 1 heterocycles. The van der Waals surface area contributed by atoms with E-state index in [1.807, 2.05) is 33.9 Å². The van der Waals surface area contributed by atoms with E-state index in [2.05, 4.69) is 47.6 Å². The average Bonchev–Trinajstić information content (AvgIpc) is 3.50. The molecule has 0 radical (unpaired) electrons. The quantitative estimate of drug-likeness (QED) is 0.125. The molecule has 0 aromatic rings. The Hall–Kier alpha value is -3.19. The van der Waals surface area contributed by atoms with Gasteiger partial charge in [0.25, 0.3) is 0 Å². The molecule has 2 fully saturated rings. The number of nitrogens with zero attached hydrogens (tertiary/aromatic N) is 1. The van der Waals surface area contributed by atoms with Crippen molar-refractivity contribution in [1.82, 2.24) is 26.2 Å². The summed E-state index contributed by atoms with van der Waals surface area (Å²) < 4.78 is 0. The van der Waals surface area contributed by atoms with Crippen molar-refractivity contribution in [2.24, 2.45) is 5.41 Å². The van der Waals surface area contributed by atoms with E-state index in [9.17, 15) is 24.0 Å². The summed E-state index contributed by atoms with van der Waals surface area (Å²) in [6.45, 7) is 15.0. The molecule has 4 N–H and O–H groups in total. The number of urea groups is 1. The van der Waals surface area contributed by atoms with Gasteiger partial charge in [-0.3, -0.25) is 19.2 Å². The summed E-state index contributed by atoms with van der Waals surface area (Å²) in [7, 11) is 3.38. The van der Waals surface area contributed by atoms with Gasteiger partial charge in [-0.2, -0.15) is 0 Å². The number of rotatable bonds is 11. The van der Waals surface area contributed by atoms with E-state index >= 15 is 0 Å². The Morgan fingerprint density at radius 3 is 2.12 bits per heavy atom. The highest BCUT2D eigenvalue weighted by molar-refractivity contribution is 6.28. The minimum atomic E-state index is -1.01. The van der Waals surface area contributed by atoms with Crippen molar-refractivity contribution in [1.29, 1.82) is 0 Å². The van der Waals surface area contributed by atoms with Crippen molar-refractivity contribution in [2.45, 2.75) is 117 Å². The Balaban J connectivity index is 0. The van der Waals surface area contributed by atoms with Crippen LogP contribution < -0.4 is 21.3 Å². The number of carbonyl (C=O) groups excluding carboxylic acids is 5. The maximum Gasteiger partial charge on any atom is 0.315 e. The molecule has 1 saturated heterocycles. The lowest BCUT2D eigenvalue weighted by atomic mass is 9.70. The van der Waals surface area contributed by atoms with Crippen LogP contribution in [0.1, 0.15) is 98.8 Å². The summed E-state index contributed by atoms with van der Waals surface area (Å²) in [6.07, 6.45) is 14.6. The Bertz CT molecular complexity index is 864. The largest absolute Gasteiger partial charge is 0.344 e. The molecule has 240 valence electrons. The summed E-state index contributed by atoms with van der Waals surface area (Å²) in [5.41, 5.74) is -0.408. The number of terminal acetylenes is 1. The molecule has 0 bridgehead atoms. The molecule has 3 unspecified atom stereocenters. The first-order valence-corrected chi connectivity index (χ1v) is 15.4. The van der Waals surface area contributed by atoms with Crippen LogP contribution in [0.3, 0.4) is 0 Å². The van der Waals surface area contributed by atoms with Crippen LogP contribution in [0.15, 0.2) is 12.7 Å². The molecule has 0 aromatic carbocycles. The number of hydrogen-bond acceptors (Lipinski definition) is 6. The third-order valence-corrected chi connectivity index (χ3v) is 6.98. The zero-order valence-electron chi connectivity index (χ0n) is 27.1. The molecule has 2 rings (SSSR count). The van der Waals surface area contributed by atoms with Crippen LogP contribution in [0.5, 0.6) is 0 Å². The summed E-state index contributed by atoms with van der Waals surface area (Å²) >= 11 is 0. The van der Waals surface area contributed by atoms with E-state index < -0.39 is 41.3 Å². The van der Waals surface area contributed by atoms with Crippen molar-refractivity contribution in [2.75, 3.05) is 27.2 Å². The van der Waals surface area contributed by atoms with E-state index in [0.29, 0.717) is 19.4 Å². The molecule has 1 aliphatic carbocycles.